The molecule has 2 amide bonds. The van der Waals surface area contributed by atoms with E-state index in [9.17, 15) is 14.9 Å². The Morgan fingerprint density at radius 3 is 2.12 bits per heavy atom. The van der Waals surface area contributed by atoms with Crippen molar-refractivity contribution in [3.63, 3.8) is 0 Å². The number of urea groups is 1. The highest BCUT2D eigenvalue weighted by Gasteiger charge is 2.13. The molecule has 0 aliphatic rings. The van der Waals surface area contributed by atoms with Crippen LogP contribution in [0.3, 0.4) is 0 Å². The van der Waals surface area contributed by atoms with E-state index >= 15 is 0 Å². The van der Waals surface area contributed by atoms with Crippen molar-refractivity contribution in [3.8, 4) is 11.1 Å². The molecule has 2 aromatic carbocycles. The summed E-state index contributed by atoms with van der Waals surface area (Å²) >= 11 is 0. The van der Waals surface area contributed by atoms with Crippen molar-refractivity contribution < 1.29 is 9.72 Å². The number of non-ortho nitro benzene ring substituents is 1. The molecule has 0 saturated heterocycles. The van der Waals surface area contributed by atoms with Crippen LogP contribution in [0.25, 0.3) is 11.1 Å². The van der Waals surface area contributed by atoms with Gasteiger partial charge >= 0.3 is 6.03 Å². The number of nitrogens with two attached hydrogens (primary N) is 1. The van der Waals surface area contributed by atoms with Gasteiger partial charge in [-0.25, -0.2) is 10.2 Å². The SMILES string of the molecule is CCC(C)/C(=N\NC(N)=O)c1ccc(-c2ccc([N+](=O)[O-])cc2)cc1. The van der Waals surface area contributed by atoms with Gasteiger partial charge in [0, 0.05) is 18.1 Å². The molecule has 7 nitrogen and oxygen atoms in total. The standard InChI is InChI=1S/C18H20N4O3/c1-3-12(2)17(20-21-18(19)23)15-6-4-13(5-7-15)14-8-10-16(11-9-14)22(24)25/h4-12H,3H2,1-2H3,(H3,19,21,23)/b20-17+. The quantitative estimate of drug-likeness (QED) is 0.475. The van der Waals surface area contributed by atoms with Gasteiger partial charge < -0.3 is 5.73 Å². The molecule has 1 atom stereocenters. The van der Waals surface area contributed by atoms with Crippen molar-refractivity contribution in [2.24, 2.45) is 16.8 Å². The smallest absolute Gasteiger partial charge is 0.332 e. The van der Waals surface area contributed by atoms with E-state index < -0.39 is 11.0 Å². The third-order valence-electron chi connectivity index (χ3n) is 3.96. The van der Waals surface area contributed by atoms with Gasteiger partial charge in [-0.1, -0.05) is 38.1 Å². The summed E-state index contributed by atoms with van der Waals surface area (Å²) < 4.78 is 0. The molecular weight excluding hydrogens is 320 g/mol. The number of carbonyl (C=O) groups excluding carboxylic acids is 1. The number of nitro groups is 1. The zero-order chi connectivity index (χ0) is 18.4. The number of carbonyl (C=O) groups is 1. The predicted molar refractivity (Wildman–Crippen MR) is 97.2 cm³/mol. The molecule has 130 valence electrons. The predicted octanol–water partition coefficient (Wildman–Crippen LogP) is 3.68. The Balaban J connectivity index is 2.28. The number of primary amides is 1. The number of rotatable bonds is 6. The van der Waals surface area contributed by atoms with Crippen LogP contribution in [-0.4, -0.2) is 16.7 Å². The minimum atomic E-state index is -0.705. The van der Waals surface area contributed by atoms with E-state index in [1.165, 1.54) is 12.1 Å². The minimum Gasteiger partial charge on any atom is -0.350 e. The van der Waals surface area contributed by atoms with Gasteiger partial charge in [-0.15, -0.1) is 0 Å². The maximum Gasteiger partial charge on any atom is 0.332 e. The first-order valence-electron chi connectivity index (χ1n) is 7.90. The molecule has 0 aliphatic heterocycles. The second-order valence-corrected chi connectivity index (χ2v) is 5.66. The molecule has 0 radical (unpaired) electrons. The van der Waals surface area contributed by atoms with Gasteiger partial charge in [0.25, 0.3) is 5.69 Å². The number of nitrogens with zero attached hydrogens (tertiary/aromatic N) is 2. The summed E-state index contributed by atoms with van der Waals surface area (Å²) in [5, 5.41) is 14.8. The molecule has 7 heteroatoms. The van der Waals surface area contributed by atoms with E-state index in [1.54, 1.807) is 12.1 Å². The molecule has 0 aromatic heterocycles. The first kappa shape index (κ1) is 18.1. The van der Waals surface area contributed by atoms with Gasteiger partial charge in [-0.05, 0) is 35.2 Å². The minimum absolute atomic E-state index is 0.0593. The van der Waals surface area contributed by atoms with Crippen LogP contribution in [0.15, 0.2) is 53.6 Å². The van der Waals surface area contributed by atoms with E-state index in [4.69, 9.17) is 5.73 Å². The Hall–Kier alpha value is -3.22. The second kappa shape index (κ2) is 8.05. The van der Waals surface area contributed by atoms with Crippen molar-refractivity contribution in [2.45, 2.75) is 20.3 Å². The second-order valence-electron chi connectivity index (χ2n) is 5.66. The zero-order valence-electron chi connectivity index (χ0n) is 14.1. The molecule has 0 bridgehead atoms. The highest BCUT2D eigenvalue weighted by Crippen LogP contribution is 2.24. The summed E-state index contributed by atoms with van der Waals surface area (Å²) in [5.41, 5.74) is 10.9. The number of amides is 2. The van der Waals surface area contributed by atoms with E-state index in [0.717, 1.165) is 28.8 Å². The summed E-state index contributed by atoms with van der Waals surface area (Å²) in [7, 11) is 0. The third-order valence-corrected chi connectivity index (χ3v) is 3.96. The fourth-order valence-electron chi connectivity index (χ4n) is 2.38. The molecule has 2 aromatic rings. The van der Waals surface area contributed by atoms with Gasteiger partial charge in [-0.2, -0.15) is 5.10 Å². The Labute approximate surface area is 145 Å². The van der Waals surface area contributed by atoms with Crippen LogP contribution in [0.5, 0.6) is 0 Å². The summed E-state index contributed by atoms with van der Waals surface area (Å²) in [6.07, 6.45) is 0.864. The normalized spacial score (nSPS) is 12.5. The first-order chi connectivity index (χ1) is 11.9. The van der Waals surface area contributed by atoms with Crippen molar-refractivity contribution in [3.05, 3.63) is 64.2 Å². The van der Waals surface area contributed by atoms with Crippen molar-refractivity contribution in [2.75, 3.05) is 0 Å². The van der Waals surface area contributed by atoms with Gasteiger partial charge in [0.05, 0.1) is 10.6 Å². The maximum atomic E-state index is 10.9. The van der Waals surface area contributed by atoms with Gasteiger partial charge in [0.1, 0.15) is 0 Å². The van der Waals surface area contributed by atoms with Gasteiger partial charge in [-0.3, -0.25) is 10.1 Å². The molecule has 25 heavy (non-hydrogen) atoms. The summed E-state index contributed by atoms with van der Waals surface area (Å²) in [6, 6.07) is 13.3. The maximum absolute atomic E-state index is 10.9. The number of hydrogen-bond acceptors (Lipinski definition) is 4. The molecule has 0 heterocycles. The van der Waals surface area contributed by atoms with Crippen molar-refractivity contribution in [1.82, 2.24) is 5.43 Å². The lowest BCUT2D eigenvalue weighted by atomic mass is 9.94. The summed E-state index contributed by atoms with van der Waals surface area (Å²) in [5.74, 6) is 0.150. The highest BCUT2D eigenvalue weighted by atomic mass is 16.6. The third kappa shape index (κ3) is 4.63. The van der Waals surface area contributed by atoms with Crippen LogP contribution < -0.4 is 11.2 Å². The lowest BCUT2D eigenvalue weighted by Gasteiger charge is -2.13. The van der Waals surface area contributed by atoms with Crippen molar-refractivity contribution in [1.29, 1.82) is 0 Å². The number of nitro benzene ring substituents is 1. The first-order valence-corrected chi connectivity index (χ1v) is 7.90. The Bertz CT molecular complexity index is 783. The number of benzene rings is 2. The largest absolute Gasteiger partial charge is 0.350 e. The molecule has 0 spiro atoms. The van der Waals surface area contributed by atoms with Gasteiger partial charge in [0.2, 0.25) is 0 Å². The van der Waals surface area contributed by atoms with Crippen LogP contribution in [0.2, 0.25) is 0 Å². The Kier molecular flexibility index (Phi) is 5.84. The lowest BCUT2D eigenvalue weighted by Crippen LogP contribution is -2.27. The molecule has 1 unspecified atom stereocenters. The van der Waals surface area contributed by atoms with Crippen molar-refractivity contribution >= 4 is 17.4 Å². The van der Waals surface area contributed by atoms with E-state index in [1.807, 2.05) is 38.1 Å². The highest BCUT2D eigenvalue weighted by molar-refractivity contribution is 6.02. The Morgan fingerprint density at radius 2 is 1.68 bits per heavy atom. The summed E-state index contributed by atoms with van der Waals surface area (Å²) in [6.45, 7) is 4.06. The molecule has 0 fully saturated rings. The van der Waals surface area contributed by atoms with Crippen LogP contribution in [0, 0.1) is 16.0 Å². The van der Waals surface area contributed by atoms with E-state index in [2.05, 4.69) is 10.5 Å². The lowest BCUT2D eigenvalue weighted by molar-refractivity contribution is -0.384. The summed E-state index contributed by atoms with van der Waals surface area (Å²) in [4.78, 5) is 21.2. The number of hydrogen-bond donors (Lipinski definition) is 2. The number of hydrazone groups is 1. The molecule has 0 aliphatic carbocycles. The number of nitrogens with one attached hydrogen (secondary N) is 1. The molecule has 0 saturated carbocycles. The molecular formula is C18H20N4O3. The molecule has 2 rings (SSSR count). The zero-order valence-corrected chi connectivity index (χ0v) is 14.1. The fraction of sp³-hybridized carbons (Fsp3) is 0.222. The van der Waals surface area contributed by atoms with E-state index in [-0.39, 0.29) is 11.6 Å². The average molecular weight is 340 g/mol. The van der Waals surface area contributed by atoms with E-state index in [0.29, 0.717) is 0 Å². The van der Waals surface area contributed by atoms with Crippen LogP contribution in [0.4, 0.5) is 10.5 Å². The van der Waals surface area contributed by atoms with Crippen LogP contribution in [-0.2, 0) is 0 Å². The molecule has 3 N–H and O–H groups in total. The fourth-order valence-corrected chi connectivity index (χ4v) is 2.38. The topological polar surface area (TPSA) is 111 Å². The van der Waals surface area contributed by atoms with Crippen LogP contribution >= 0.6 is 0 Å². The average Bonchev–Trinajstić information content (AvgIpc) is 2.62. The van der Waals surface area contributed by atoms with Gasteiger partial charge in [0.15, 0.2) is 0 Å². The Morgan fingerprint density at radius 1 is 1.16 bits per heavy atom. The van der Waals surface area contributed by atoms with Crippen LogP contribution in [0.1, 0.15) is 25.8 Å². The monoisotopic (exact) mass is 340 g/mol.